The van der Waals surface area contributed by atoms with E-state index in [1.54, 1.807) is 0 Å². The van der Waals surface area contributed by atoms with E-state index in [-0.39, 0.29) is 6.10 Å². The van der Waals surface area contributed by atoms with E-state index in [0.717, 1.165) is 12.8 Å². The molecule has 0 aliphatic heterocycles. The van der Waals surface area contributed by atoms with Crippen LogP contribution in [-0.4, -0.2) is 11.2 Å². The third-order valence-corrected chi connectivity index (χ3v) is 1.80. The quantitative estimate of drug-likeness (QED) is 0.624. The van der Waals surface area contributed by atoms with E-state index >= 15 is 0 Å². The highest BCUT2D eigenvalue weighted by Gasteiger charge is 2.08. The van der Waals surface area contributed by atoms with E-state index < -0.39 is 0 Å². The standard InChI is InChI=1S/C10H22O/c1-9(11)7-5-6-8-10(2,3)4/h9,11H,5-8H2,1-4H3. The molecule has 0 saturated carbocycles. The largest absolute Gasteiger partial charge is 0.393 e. The molecule has 1 atom stereocenters. The molecule has 0 aromatic heterocycles. The van der Waals surface area contributed by atoms with E-state index in [1.807, 2.05) is 6.92 Å². The first-order valence-electron chi connectivity index (χ1n) is 4.60. The lowest BCUT2D eigenvalue weighted by molar-refractivity contribution is 0.178. The molecule has 11 heavy (non-hydrogen) atoms. The summed E-state index contributed by atoms with van der Waals surface area (Å²) in [5.74, 6) is 0. The van der Waals surface area contributed by atoms with Gasteiger partial charge in [-0.15, -0.1) is 0 Å². The van der Waals surface area contributed by atoms with Gasteiger partial charge in [0.2, 0.25) is 0 Å². The molecular weight excluding hydrogens is 136 g/mol. The van der Waals surface area contributed by atoms with Crippen LogP contribution in [0.25, 0.3) is 0 Å². The fraction of sp³-hybridized carbons (Fsp3) is 1.00. The van der Waals surface area contributed by atoms with Crippen molar-refractivity contribution in [1.29, 1.82) is 0 Å². The Kier molecular flexibility index (Phi) is 4.74. The van der Waals surface area contributed by atoms with Crippen LogP contribution in [0, 0.1) is 5.41 Å². The normalized spacial score (nSPS) is 15.0. The molecule has 0 radical (unpaired) electrons. The maximum Gasteiger partial charge on any atom is 0.0512 e. The molecule has 1 heteroatoms. The van der Waals surface area contributed by atoms with Crippen LogP contribution in [0.2, 0.25) is 0 Å². The molecule has 0 rings (SSSR count). The molecule has 0 aliphatic carbocycles. The maximum absolute atomic E-state index is 8.98. The van der Waals surface area contributed by atoms with Gasteiger partial charge in [-0.25, -0.2) is 0 Å². The van der Waals surface area contributed by atoms with Gasteiger partial charge < -0.3 is 5.11 Å². The predicted octanol–water partition coefficient (Wildman–Crippen LogP) is 2.97. The molecule has 0 heterocycles. The first-order valence-corrected chi connectivity index (χ1v) is 4.60. The van der Waals surface area contributed by atoms with Crippen LogP contribution < -0.4 is 0 Å². The van der Waals surface area contributed by atoms with Gasteiger partial charge in [0, 0.05) is 0 Å². The molecule has 0 aromatic carbocycles. The van der Waals surface area contributed by atoms with Gasteiger partial charge in [-0.1, -0.05) is 33.6 Å². The average Bonchev–Trinajstić information content (AvgIpc) is 1.78. The van der Waals surface area contributed by atoms with E-state index in [9.17, 15) is 0 Å². The Labute approximate surface area is 70.8 Å². The minimum absolute atomic E-state index is 0.116. The molecule has 1 nitrogen and oxygen atoms in total. The molecule has 0 bridgehead atoms. The molecule has 0 saturated heterocycles. The summed E-state index contributed by atoms with van der Waals surface area (Å²) in [6, 6.07) is 0. The number of hydrogen-bond acceptors (Lipinski definition) is 1. The second kappa shape index (κ2) is 4.76. The summed E-state index contributed by atoms with van der Waals surface area (Å²) in [6.45, 7) is 8.64. The lowest BCUT2D eigenvalue weighted by Gasteiger charge is -2.17. The van der Waals surface area contributed by atoms with Crippen molar-refractivity contribution in [2.24, 2.45) is 5.41 Å². The Hall–Kier alpha value is -0.0400. The first-order chi connectivity index (χ1) is 4.92. The molecule has 1 unspecified atom stereocenters. The van der Waals surface area contributed by atoms with Gasteiger partial charge in [-0.05, 0) is 25.2 Å². The Morgan fingerprint density at radius 3 is 2.09 bits per heavy atom. The van der Waals surface area contributed by atoms with Crippen LogP contribution in [0.4, 0.5) is 0 Å². The lowest BCUT2D eigenvalue weighted by Crippen LogP contribution is -2.05. The Bertz CT molecular complexity index is 89.5. The van der Waals surface area contributed by atoms with E-state index in [1.165, 1.54) is 12.8 Å². The molecule has 0 fully saturated rings. The van der Waals surface area contributed by atoms with Crippen molar-refractivity contribution in [3.8, 4) is 0 Å². The lowest BCUT2D eigenvalue weighted by atomic mass is 9.89. The van der Waals surface area contributed by atoms with Crippen molar-refractivity contribution in [3.63, 3.8) is 0 Å². The van der Waals surface area contributed by atoms with Gasteiger partial charge in [0.05, 0.1) is 6.10 Å². The zero-order valence-electron chi connectivity index (χ0n) is 8.35. The number of aliphatic hydroxyl groups excluding tert-OH is 1. The topological polar surface area (TPSA) is 20.2 Å². The Morgan fingerprint density at radius 1 is 1.18 bits per heavy atom. The van der Waals surface area contributed by atoms with E-state index in [4.69, 9.17) is 5.11 Å². The Balaban J connectivity index is 3.15. The molecule has 0 aliphatic rings. The molecular formula is C10H22O. The predicted molar refractivity (Wildman–Crippen MR) is 49.6 cm³/mol. The monoisotopic (exact) mass is 158 g/mol. The number of aliphatic hydroxyl groups is 1. The second-order valence-electron chi connectivity index (χ2n) is 4.66. The van der Waals surface area contributed by atoms with Crippen molar-refractivity contribution < 1.29 is 5.11 Å². The van der Waals surface area contributed by atoms with Gasteiger partial charge in [-0.2, -0.15) is 0 Å². The fourth-order valence-corrected chi connectivity index (χ4v) is 1.10. The summed E-state index contributed by atoms with van der Waals surface area (Å²) >= 11 is 0. The third kappa shape index (κ3) is 9.96. The van der Waals surface area contributed by atoms with Gasteiger partial charge in [0.1, 0.15) is 0 Å². The van der Waals surface area contributed by atoms with Gasteiger partial charge in [0.25, 0.3) is 0 Å². The minimum atomic E-state index is -0.116. The van der Waals surface area contributed by atoms with Crippen molar-refractivity contribution in [3.05, 3.63) is 0 Å². The molecule has 0 spiro atoms. The SMILES string of the molecule is CC(O)CCCCC(C)(C)C. The zero-order chi connectivity index (χ0) is 8.91. The number of hydrogen-bond donors (Lipinski definition) is 1. The summed E-state index contributed by atoms with van der Waals surface area (Å²) in [5.41, 5.74) is 0.457. The summed E-state index contributed by atoms with van der Waals surface area (Å²) in [6.07, 6.45) is 4.51. The molecule has 1 N–H and O–H groups in total. The smallest absolute Gasteiger partial charge is 0.0512 e. The number of unbranched alkanes of at least 4 members (excludes halogenated alkanes) is 1. The van der Waals surface area contributed by atoms with Gasteiger partial charge in [-0.3, -0.25) is 0 Å². The van der Waals surface area contributed by atoms with Crippen molar-refractivity contribution in [1.82, 2.24) is 0 Å². The zero-order valence-corrected chi connectivity index (χ0v) is 8.35. The van der Waals surface area contributed by atoms with E-state index in [0.29, 0.717) is 5.41 Å². The second-order valence-corrected chi connectivity index (χ2v) is 4.66. The maximum atomic E-state index is 8.98. The summed E-state index contributed by atoms with van der Waals surface area (Å²) in [4.78, 5) is 0. The third-order valence-electron chi connectivity index (χ3n) is 1.80. The van der Waals surface area contributed by atoms with Crippen molar-refractivity contribution in [2.75, 3.05) is 0 Å². The van der Waals surface area contributed by atoms with Crippen LogP contribution in [0.5, 0.6) is 0 Å². The van der Waals surface area contributed by atoms with Crippen LogP contribution in [0.1, 0.15) is 53.4 Å². The van der Waals surface area contributed by atoms with Gasteiger partial charge >= 0.3 is 0 Å². The van der Waals surface area contributed by atoms with Crippen LogP contribution in [0.3, 0.4) is 0 Å². The highest BCUT2D eigenvalue weighted by Crippen LogP contribution is 2.22. The minimum Gasteiger partial charge on any atom is -0.393 e. The van der Waals surface area contributed by atoms with Crippen molar-refractivity contribution >= 4 is 0 Å². The fourth-order valence-electron chi connectivity index (χ4n) is 1.10. The molecule has 68 valence electrons. The van der Waals surface area contributed by atoms with Crippen LogP contribution >= 0.6 is 0 Å². The van der Waals surface area contributed by atoms with Crippen molar-refractivity contribution in [2.45, 2.75) is 59.5 Å². The highest BCUT2D eigenvalue weighted by molar-refractivity contribution is 4.61. The Morgan fingerprint density at radius 2 is 1.73 bits per heavy atom. The summed E-state index contributed by atoms with van der Waals surface area (Å²) in [7, 11) is 0. The summed E-state index contributed by atoms with van der Waals surface area (Å²) in [5, 5.41) is 8.98. The summed E-state index contributed by atoms with van der Waals surface area (Å²) < 4.78 is 0. The first kappa shape index (κ1) is 11.0. The van der Waals surface area contributed by atoms with Gasteiger partial charge in [0.15, 0.2) is 0 Å². The molecule has 0 aromatic rings. The van der Waals surface area contributed by atoms with Crippen LogP contribution in [0.15, 0.2) is 0 Å². The van der Waals surface area contributed by atoms with E-state index in [2.05, 4.69) is 20.8 Å². The van der Waals surface area contributed by atoms with Crippen LogP contribution in [-0.2, 0) is 0 Å². The number of rotatable bonds is 4. The molecule has 0 amide bonds. The average molecular weight is 158 g/mol. The highest BCUT2D eigenvalue weighted by atomic mass is 16.3.